The number of anilines is 1. The van der Waals surface area contributed by atoms with Crippen LogP contribution in [0.3, 0.4) is 0 Å². The fourth-order valence-corrected chi connectivity index (χ4v) is 3.03. The summed E-state index contributed by atoms with van der Waals surface area (Å²) in [5, 5.41) is 11.2. The van der Waals surface area contributed by atoms with Gasteiger partial charge in [-0.15, -0.1) is 0 Å². The number of nitrogens with zero attached hydrogens (tertiary/aromatic N) is 5. The van der Waals surface area contributed by atoms with E-state index in [4.69, 9.17) is 10.8 Å². The standard InChI is InChI=1S/C16H19N7/c1-11-13-14(12-5-3-2-4-6-12)19-16(17)20-15(13)23(21-11)22-9-7-18-8-10-22/h2-6,18H,7-10H2,1H3,(H2,17,19,20). The fraction of sp³-hybridized carbons (Fsp3) is 0.312. The number of nitrogens with two attached hydrogens (primary N) is 1. The zero-order chi connectivity index (χ0) is 15.8. The summed E-state index contributed by atoms with van der Waals surface area (Å²) in [4.78, 5) is 10.8. The summed E-state index contributed by atoms with van der Waals surface area (Å²) in [6, 6.07) is 10.0. The molecule has 0 amide bonds. The number of aromatic nitrogens is 4. The van der Waals surface area contributed by atoms with E-state index in [-0.39, 0.29) is 5.95 Å². The van der Waals surface area contributed by atoms with E-state index in [9.17, 15) is 0 Å². The van der Waals surface area contributed by atoms with Gasteiger partial charge in [-0.25, -0.2) is 4.98 Å². The molecule has 0 bridgehead atoms. The van der Waals surface area contributed by atoms with Gasteiger partial charge in [0.2, 0.25) is 5.95 Å². The minimum absolute atomic E-state index is 0.271. The third-order valence-corrected chi connectivity index (χ3v) is 4.11. The molecule has 23 heavy (non-hydrogen) atoms. The normalized spacial score (nSPS) is 15.3. The van der Waals surface area contributed by atoms with Crippen LogP contribution in [0.15, 0.2) is 30.3 Å². The van der Waals surface area contributed by atoms with Gasteiger partial charge in [0.05, 0.1) is 16.8 Å². The number of piperazine rings is 1. The van der Waals surface area contributed by atoms with Gasteiger partial charge in [-0.2, -0.15) is 14.9 Å². The Morgan fingerprint density at radius 3 is 2.57 bits per heavy atom. The van der Waals surface area contributed by atoms with Gasteiger partial charge in [0.25, 0.3) is 0 Å². The first kappa shape index (κ1) is 14.0. The van der Waals surface area contributed by atoms with Crippen LogP contribution in [0, 0.1) is 6.92 Å². The van der Waals surface area contributed by atoms with Crippen molar-refractivity contribution in [2.24, 2.45) is 0 Å². The molecular weight excluding hydrogens is 290 g/mol. The Morgan fingerprint density at radius 1 is 1.09 bits per heavy atom. The third kappa shape index (κ3) is 2.39. The van der Waals surface area contributed by atoms with E-state index in [1.165, 1.54) is 0 Å². The lowest BCUT2D eigenvalue weighted by Crippen LogP contribution is -2.49. The van der Waals surface area contributed by atoms with Crippen LogP contribution in [0.2, 0.25) is 0 Å². The van der Waals surface area contributed by atoms with Crippen molar-refractivity contribution in [1.29, 1.82) is 0 Å². The highest BCUT2D eigenvalue weighted by Crippen LogP contribution is 2.29. The van der Waals surface area contributed by atoms with Crippen molar-refractivity contribution in [2.45, 2.75) is 6.92 Å². The van der Waals surface area contributed by atoms with Gasteiger partial charge in [0.15, 0.2) is 5.65 Å². The molecule has 3 aromatic rings. The van der Waals surface area contributed by atoms with Gasteiger partial charge in [0.1, 0.15) is 0 Å². The molecule has 1 saturated heterocycles. The Bertz CT molecular complexity index is 835. The first-order valence-electron chi connectivity index (χ1n) is 7.78. The van der Waals surface area contributed by atoms with Crippen LogP contribution < -0.4 is 16.1 Å². The average Bonchev–Trinajstić information content (AvgIpc) is 2.92. The lowest BCUT2D eigenvalue weighted by Gasteiger charge is -2.29. The molecule has 2 aromatic heterocycles. The van der Waals surface area contributed by atoms with Crippen molar-refractivity contribution in [3.8, 4) is 11.3 Å². The Labute approximate surface area is 134 Å². The number of fused-ring (bicyclic) bond motifs is 1. The Kier molecular flexibility index (Phi) is 3.34. The van der Waals surface area contributed by atoms with Crippen LogP contribution in [0.4, 0.5) is 5.95 Å². The predicted molar refractivity (Wildman–Crippen MR) is 90.7 cm³/mol. The van der Waals surface area contributed by atoms with Crippen molar-refractivity contribution < 1.29 is 0 Å². The highest BCUT2D eigenvalue weighted by molar-refractivity contribution is 5.93. The molecule has 0 spiro atoms. The zero-order valence-electron chi connectivity index (χ0n) is 13.0. The number of hydrogen-bond acceptors (Lipinski definition) is 6. The third-order valence-electron chi connectivity index (χ3n) is 4.11. The molecule has 4 rings (SSSR count). The maximum absolute atomic E-state index is 5.98. The van der Waals surface area contributed by atoms with Crippen LogP contribution in [-0.4, -0.2) is 46.0 Å². The highest BCUT2D eigenvalue weighted by Gasteiger charge is 2.21. The van der Waals surface area contributed by atoms with Crippen LogP contribution in [0.5, 0.6) is 0 Å². The second kappa shape index (κ2) is 5.51. The van der Waals surface area contributed by atoms with E-state index in [0.717, 1.165) is 54.2 Å². The van der Waals surface area contributed by atoms with Crippen LogP contribution in [0.1, 0.15) is 5.69 Å². The number of hydrogen-bond donors (Lipinski definition) is 2. The van der Waals surface area contributed by atoms with Gasteiger partial charge >= 0.3 is 0 Å². The zero-order valence-corrected chi connectivity index (χ0v) is 13.0. The molecule has 0 unspecified atom stereocenters. The number of nitrogens with one attached hydrogen (secondary N) is 1. The molecule has 3 heterocycles. The molecule has 1 fully saturated rings. The molecule has 0 radical (unpaired) electrons. The Morgan fingerprint density at radius 2 is 1.83 bits per heavy atom. The molecule has 1 aliphatic rings. The summed E-state index contributed by atoms with van der Waals surface area (Å²) in [7, 11) is 0. The SMILES string of the molecule is Cc1nn(N2CCNCC2)c2nc(N)nc(-c3ccccc3)c12. The van der Waals surface area contributed by atoms with Crippen molar-refractivity contribution in [3.63, 3.8) is 0 Å². The van der Waals surface area contributed by atoms with Crippen molar-refractivity contribution in [2.75, 3.05) is 36.9 Å². The van der Waals surface area contributed by atoms with E-state index in [2.05, 4.69) is 20.3 Å². The lowest BCUT2D eigenvalue weighted by atomic mass is 10.1. The van der Waals surface area contributed by atoms with Crippen LogP contribution in [0.25, 0.3) is 22.3 Å². The van der Waals surface area contributed by atoms with Crippen molar-refractivity contribution in [3.05, 3.63) is 36.0 Å². The molecule has 1 aliphatic heterocycles. The lowest BCUT2D eigenvalue weighted by molar-refractivity contribution is 0.466. The van der Waals surface area contributed by atoms with Gasteiger partial charge in [-0.1, -0.05) is 30.3 Å². The second-order valence-electron chi connectivity index (χ2n) is 5.67. The van der Waals surface area contributed by atoms with E-state index in [1.807, 2.05) is 42.0 Å². The van der Waals surface area contributed by atoms with E-state index in [1.54, 1.807) is 0 Å². The minimum atomic E-state index is 0.271. The molecule has 7 nitrogen and oxygen atoms in total. The van der Waals surface area contributed by atoms with Crippen molar-refractivity contribution in [1.82, 2.24) is 25.2 Å². The van der Waals surface area contributed by atoms with Gasteiger partial charge < -0.3 is 11.1 Å². The quantitative estimate of drug-likeness (QED) is 0.732. The second-order valence-corrected chi connectivity index (χ2v) is 5.67. The number of benzene rings is 1. The van der Waals surface area contributed by atoms with Gasteiger partial charge in [-0.05, 0) is 6.92 Å². The summed E-state index contributed by atoms with van der Waals surface area (Å²) in [6.45, 7) is 5.65. The predicted octanol–water partition coefficient (Wildman–Crippen LogP) is 0.925. The summed E-state index contributed by atoms with van der Waals surface area (Å²) in [6.07, 6.45) is 0. The fourth-order valence-electron chi connectivity index (χ4n) is 3.03. The number of nitrogen functional groups attached to an aromatic ring is 1. The highest BCUT2D eigenvalue weighted by atomic mass is 15.7. The van der Waals surface area contributed by atoms with E-state index in [0.29, 0.717) is 0 Å². The number of aryl methyl sites for hydroxylation is 1. The maximum Gasteiger partial charge on any atom is 0.222 e. The smallest absolute Gasteiger partial charge is 0.222 e. The summed E-state index contributed by atoms with van der Waals surface area (Å²) >= 11 is 0. The summed E-state index contributed by atoms with van der Waals surface area (Å²) in [5.74, 6) is 0.271. The molecule has 7 heteroatoms. The molecule has 1 aromatic carbocycles. The summed E-state index contributed by atoms with van der Waals surface area (Å²) in [5.41, 5.74) is 9.53. The minimum Gasteiger partial charge on any atom is -0.368 e. The molecule has 3 N–H and O–H groups in total. The topological polar surface area (TPSA) is 84.9 Å². The largest absolute Gasteiger partial charge is 0.368 e. The molecular formula is C16H19N7. The summed E-state index contributed by atoms with van der Waals surface area (Å²) < 4.78 is 0. The Balaban J connectivity index is 1.94. The van der Waals surface area contributed by atoms with Crippen molar-refractivity contribution >= 4 is 17.0 Å². The monoisotopic (exact) mass is 309 g/mol. The van der Waals surface area contributed by atoms with E-state index < -0.39 is 0 Å². The molecule has 118 valence electrons. The average molecular weight is 309 g/mol. The van der Waals surface area contributed by atoms with Crippen LogP contribution in [-0.2, 0) is 0 Å². The van der Waals surface area contributed by atoms with Crippen LogP contribution >= 0.6 is 0 Å². The number of rotatable bonds is 2. The molecule has 0 atom stereocenters. The first-order chi connectivity index (χ1) is 11.2. The first-order valence-corrected chi connectivity index (χ1v) is 7.78. The Hall–Kier alpha value is -2.67. The van der Waals surface area contributed by atoms with Gasteiger partial charge in [0, 0.05) is 31.7 Å². The maximum atomic E-state index is 5.98. The molecule has 0 saturated carbocycles. The molecule has 0 aliphatic carbocycles. The van der Waals surface area contributed by atoms with Gasteiger partial charge in [-0.3, -0.25) is 5.01 Å². The van der Waals surface area contributed by atoms with E-state index >= 15 is 0 Å².